The maximum atomic E-state index is 5.28. The molecule has 0 amide bonds. The summed E-state index contributed by atoms with van der Waals surface area (Å²) in [6.07, 6.45) is 5.53. The lowest BCUT2D eigenvalue weighted by atomic mass is 10.2. The summed E-state index contributed by atoms with van der Waals surface area (Å²) >= 11 is 5.28. The van der Waals surface area contributed by atoms with Crippen LogP contribution in [0.25, 0.3) is 0 Å². The van der Waals surface area contributed by atoms with Crippen LogP contribution in [0.2, 0.25) is 0 Å². The highest BCUT2D eigenvalue weighted by Gasteiger charge is 2.05. The zero-order valence-corrected chi connectivity index (χ0v) is 17.2. The van der Waals surface area contributed by atoms with Gasteiger partial charge in [-0.25, -0.2) is 4.98 Å². The number of methoxy groups -OCH3 is 2. The molecule has 2 aromatic carbocycles. The van der Waals surface area contributed by atoms with Crippen molar-refractivity contribution < 1.29 is 9.47 Å². The van der Waals surface area contributed by atoms with Crippen LogP contribution < -0.4 is 20.1 Å². The molecular weight excluding hydrogens is 372 g/mol. The van der Waals surface area contributed by atoms with Crippen LogP contribution in [0.3, 0.4) is 0 Å². The van der Waals surface area contributed by atoms with Crippen molar-refractivity contribution in [2.75, 3.05) is 19.5 Å². The van der Waals surface area contributed by atoms with E-state index in [0.29, 0.717) is 23.2 Å². The average molecular weight is 399 g/mol. The minimum absolute atomic E-state index is 0.561. The number of ether oxygens (including phenoxy) is 2. The van der Waals surface area contributed by atoms with Gasteiger partial charge in [-0.05, 0) is 36.8 Å². The van der Waals surface area contributed by atoms with E-state index in [1.165, 1.54) is 5.56 Å². The number of imidazole rings is 1. The second-order valence-electron chi connectivity index (χ2n) is 5.76. The molecule has 0 aliphatic carbocycles. The Morgan fingerprint density at radius 2 is 1.82 bits per heavy atom. The predicted octanol–water partition coefficient (Wildman–Crippen LogP) is 4.09. The highest BCUT2D eigenvalue weighted by Crippen LogP contribution is 2.29. The van der Waals surface area contributed by atoms with Crippen molar-refractivity contribution in [3.63, 3.8) is 0 Å². The minimum atomic E-state index is 0.561. The van der Waals surface area contributed by atoms with E-state index in [9.17, 15) is 0 Å². The first-order valence-electron chi connectivity index (χ1n) is 8.92. The number of benzene rings is 2. The Bertz CT molecular complexity index is 839. The molecule has 0 aliphatic heterocycles. The van der Waals surface area contributed by atoms with Gasteiger partial charge < -0.3 is 24.7 Å². The second kappa shape index (κ2) is 11.6. The lowest BCUT2D eigenvalue weighted by molar-refractivity contribution is 0.355. The smallest absolute Gasteiger partial charge is 0.171 e. The first-order chi connectivity index (χ1) is 13.7. The van der Waals surface area contributed by atoms with Crippen molar-refractivity contribution in [3.05, 3.63) is 72.8 Å². The monoisotopic (exact) mass is 398 g/mol. The third kappa shape index (κ3) is 6.92. The molecule has 0 radical (unpaired) electrons. The molecule has 3 rings (SSSR count). The van der Waals surface area contributed by atoms with Crippen LogP contribution in [0, 0.1) is 0 Å². The lowest BCUT2D eigenvalue weighted by Gasteiger charge is -2.13. The zero-order valence-electron chi connectivity index (χ0n) is 16.4. The Hall–Kier alpha value is -3.06. The van der Waals surface area contributed by atoms with Crippen LogP contribution in [0.1, 0.15) is 12.5 Å². The Labute approximate surface area is 171 Å². The number of aryl methyl sites for hydroxylation is 1. The molecule has 1 aromatic heterocycles. The zero-order chi connectivity index (χ0) is 20.2. The molecule has 6 nitrogen and oxygen atoms in total. The first-order valence-corrected chi connectivity index (χ1v) is 9.33. The molecule has 0 atom stereocenters. The number of nitrogens with zero attached hydrogens (tertiary/aromatic N) is 2. The van der Waals surface area contributed by atoms with Gasteiger partial charge >= 0.3 is 0 Å². The quantitative estimate of drug-likeness (QED) is 0.610. The van der Waals surface area contributed by atoms with Gasteiger partial charge in [0.1, 0.15) is 0 Å². The summed E-state index contributed by atoms with van der Waals surface area (Å²) in [5.41, 5.74) is 2.02. The van der Waals surface area contributed by atoms with Gasteiger partial charge in [0.15, 0.2) is 16.6 Å². The fourth-order valence-electron chi connectivity index (χ4n) is 2.34. The summed E-state index contributed by atoms with van der Waals surface area (Å²) < 4.78 is 12.5. The Morgan fingerprint density at radius 3 is 2.39 bits per heavy atom. The standard InChI is InChI=1S/C16H18N2O2S.C5H8N2/c1-19-14-9-8-13(10-15(14)20-2)18-16(21)17-11-12-6-4-3-5-7-12;1-2-7-4-3-6-5-7/h3-10H,11H2,1-2H3,(H2,17,18,21);3-5H,2H2,1H3. The maximum Gasteiger partial charge on any atom is 0.171 e. The Balaban J connectivity index is 0.000000336. The molecular formula is C21H26N4O2S. The second-order valence-corrected chi connectivity index (χ2v) is 6.16. The number of nitrogens with one attached hydrogen (secondary N) is 2. The fraction of sp³-hybridized carbons (Fsp3) is 0.238. The van der Waals surface area contributed by atoms with Gasteiger partial charge in [0.2, 0.25) is 0 Å². The molecule has 0 saturated heterocycles. The van der Waals surface area contributed by atoms with E-state index in [2.05, 4.69) is 22.5 Å². The predicted molar refractivity (Wildman–Crippen MR) is 117 cm³/mol. The van der Waals surface area contributed by atoms with E-state index in [4.69, 9.17) is 21.7 Å². The number of anilines is 1. The third-order valence-corrected chi connectivity index (χ3v) is 4.11. The summed E-state index contributed by atoms with van der Waals surface area (Å²) in [4.78, 5) is 3.86. The molecule has 28 heavy (non-hydrogen) atoms. The van der Waals surface area contributed by atoms with Gasteiger partial charge in [-0.2, -0.15) is 0 Å². The number of hydrogen-bond acceptors (Lipinski definition) is 4. The molecule has 148 valence electrons. The van der Waals surface area contributed by atoms with Crippen LogP contribution in [0.4, 0.5) is 5.69 Å². The van der Waals surface area contributed by atoms with E-state index >= 15 is 0 Å². The summed E-state index contributed by atoms with van der Waals surface area (Å²) in [6, 6.07) is 15.7. The van der Waals surface area contributed by atoms with Crippen molar-refractivity contribution in [3.8, 4) is 11.5 Å². The van der Waals surface area contributed by atoms with Crippen LogP contribution >= 0.6 is 12.2 Å². The minimum Gasteiger partial charge on any atom is -0.493 e. The molecule has 0 spiro atoms. The SMILES string of the molecule is CCn1ccnc1.COc1ccc(NC(=S)NCc2ccccc2)cc1OC. The molecule has 0 saturated carbocycles. The Kier molecular flexibility index (Phi) is 8.81. The number of thiocarbonyl (C=S) groups is 1. The number of rotatable bonds is 6. The third-order valence-electron chi connectivity index (χ3n) is 3.86. The highest BCUT2D eigenvalue weighted by molar-refractivity contribution is 7.80. The van der Waals surface area contributed by atoms with Gasteiger partial charge in [-0.1, -0.05) is 30.3 Å². The normalized spacial score (nSPS) is 9.68. The van der Waals surface area contributed by atoms with E-state index in [-0.39, 0.29) is 0 Å². The maximum absolute atomic E-state index is 5.28. The van der Waals surface area contributed by atoms with Crippen LogP contribution in [-0.4, -0.2) is 28.9 Å². The van der Waals surface area contributed by atoms with E-state index in [1.54, 1.807) is 26.7 Å². The first kappa shape index (κ1) is 21.2. The van der Waals surface area contributed by atoms with E-state index in [0.717, 1.165) is 12.2 Å². The summed E-state index contributed by atoms with van der Waals surface area (Å²) in [5, 5.41) is 6.85. The summed E-state index contributed by atoms with van der Waals surface area (Å²) in [6.45, 7) is 3.78. The molecule has 3 aromatic rings. The summed E-state index contributed by atoms with van der Waals surface area (Å²) in [5.74, 6) is 1.35. The lowest BCUT2D eigenvalue weighted by Crippen LogP contribution is -2.27. The Morgan fingerprint density at radius 1 is 1.07 bits per heavy atom. The number of aromatic nitrogens is 2. The van der Waals surface area contributed by atoms with Crippen molar-refractivity contribution in [2.24, 2.45) is 0 Å². The molecule has 0 aliphatic rings. The van der Waals surface area contributed by atoms with Crippen molar-refractivity contribution in [1.29, 1.82) is 0 Å². The topological polar surface area (TPSA) is 60.3 Å². The molecule has 7 heteroatoms. The molecule has 0 unspecified atom stereocenters. The van der Waals surface area contributed by atoms with E-state index in [1.807, 2.05) is 59.3 Å². The van der Waals surface area contributed by atoms with Crippen molar-refractivity contribution in [2.45, 2.75) is 20.0 Å². The van der Waals surface area contributed by atoms with Crippen LogP contribution in [0.5, 0.6) is 11.5 Å². The molecule has 0 fully saturated rings. The van der Waals surface area contributed by atoms with Gasteiger partial charge in [-0.3, -0.25) is 0 Å². The van der Waals surface area contributed by atoms with Gasteiger partial charge in [0.05, 0.1) is 20.5 Å². The van der Waals surface area contributed by atoms with Crippen LogP contribution in [-0.2, 0) is 13.1 Å². The van der Waals surface area contributed by atoms with Gasteiger partial charge in [-0.15, -0.1) is 0 Å². The van der Waals surface area contributed by atoms with Gasteiger partial charge in [0, 0.05) is 37.2 Å². The van der Waals surface area contributed by atoms with Gasteiger partial charge in [0.25, 0.3) is 0 Å². The average Bonchev–Trinajstić information content (AvgIpc) is 3.27. The van der Waals surface area contributed by atoms with Crippen LogP contribution in [0.15, 0.2) is 67.3 Å². The molecule has 0 bridgehead atoms. The summed E-state index contributed by atoms with van der Waals surface area (Å²) in [7, 11) is 3.21. The number of hydrogen-bond donors (Lipinski definition) is 2. The molecule has 2 N–H and O–H groups in total. The highest BCUT2D eigenvalue weighted by atomic mass is 32.1. The van der Waals surface area contributed by atoms with Crippen molar-refractivity contribution >= 4 is 23.0 Å². The fourth-order valence-corrected chi connectivity index (χ4v) is 2.53. The van der Waals surface area contributed by atoms with Crippen molar-refractivity contribution in [1.82, 2.24) is 14.9 Å². The molecule has 1 heterocycles. The largest absolute Gasteiger partial charge is 0.493 e. The van der Waals surface area contributed by atoms with E-state index < -0.39 is 0 Å².